The lowest BCUT2D eigenvalue weighted by Gasteiger charge is -2.16. The average Bonchev–Trinajstić information content (AvgIpc) is 3.34. The fourth-order valence-corrected chi connectivity index (χ4v) is 5.63. The van der Waals surface area contributed by atoms with E-state index in [1.807, 2.05) is 24.3 Å². The Labute approximate surface area is 198 Å². The average molecular weight is 463 g/mol. The first-order valence-corrected chi connectivity index (χ1v) is 12.1. The number of alkyl carbamates (subject to hydrolysis) is 1. The lowest BCUT2D eigenvalue weighted by molar-refractivity contribution is -0.143. The van der Waals surface area contributed by atoms with Gasteiger partial charge in [0.2, 0.25) is 5.91 Å². The van der Waals surface area contributed by atoms with Crippen LogP contribution >= 0.6 is 0 Å². The molecule has 2 fully saturated rings. The minimum atomic E-state index is -0.770. The fourth-order valence-electron chi connectivity index (χ4n) is 5.63. The molecule has 0 aliphatic heterocycles. The number of aliphatic carboxylic acids is 1. The standard InChI is InChI=1S/C27H30N2O5/c30-25(28-13-16-6-5-11-18(16)26(31)32)23-12-17(23)14-29-27(33)34-15-24-21-9-3-1-7-19(21)20-8-2-4-10-22(20)24/h1-4,7-10,16-18,23-24H,5-6,11-15H2,(H,28,30)(H,29,33)(H,31,32)/t16?,17-,18?,23-/m1/s1. The minimum absolute atomic E-state index is 0.0117. The summed E-state index contributed by atoms with van der Waals surface area (Å²) < 4.78 is 5.56. The molecule has 0 radical (unpaired) electrons. The van der Waals surface area contributed by atoms with Crippen molar-refractivity contribution in [2.24, 2.45) is 23.7 Å². The topological polar surface area (TPSA) is 105 Å². The van der Waals surface area contributed by atoms with Crippen LogP contribution in [0.3, 0.4) is 0 Å². The molecule has 2 aromatic rings. The van der Waals surface area contributed by atoms with E-state index in [1.54, 1.807) is 0 Å². The van der Waals surface area contributed by atoms with Crippen molar-refractivity contribution in [1.29, 1.82) is 0 Å². The molecule has 3 aliphatic carbocycles. The lowest BCUT2D eigenvalue weighted by Crippen LogP contribution is -2.35. The van der Waals surface area contributed by atoms with E-state index >= 15 is 0 Å². The number of fused-ring (bicyclic) bond motifs is 3. The summed E-state index contributed by atoms with van der Waals surface area (Å²) in [6.45, 7) is 1.08. The Kier molecular flexibility index (Phi) is 6.26. The summed E-state index contributed by atoms with van der Waals surface area (Å²) in [6, 6.07) is 16.4. The van der Waals surface area contributed by atoms with Gasteiger partial charge in [0.1, 0.15) is 6.61 Å². The third-order valence-electron chi connectivity index (χ3n) is 7.63. The van der Waals surface area contributed by atoms with E-state index in [4.69, 9.17) is 4.74 Å². The minimum Gasteiger partial charge on any atom is -0.481 e. The summed E-state index contributed by atoms with van der Waals surface area (Å²) in [5.74, 6) is -1.17. The van der Waals surface area contributed by atoms with Crippen LogP contribution in [-0.2, 0) is 14.3 Å². The van der Waals surface area contributed by atoms with Gasteiger partial charge in [0.15, 0.2) is 0 Å². The van der Waals surface area contributed by atoms with Gasteiger partial charge in [-0.25, -0.2) is 4.79 Å². The third kappa shape index (κ3) is 4.52. The van der Waals surface area contributed by atoms with Crippen molar-refractivity contribution < 1.29 is 24.2 Å². The number of carbonyl (C=O) groups is 3. The van der Waals surface area contributed by atoms with E-state index in [0.717, 1.165) is 19.3 Å². The normalized spacial score (nSPS) is 24.7. The molecule has 0 spiro atoms. The Morgan fingerprint density at radius 2 is 1.50 bits per heavy atom. The summed E-state index contributed by atoms with van der Waals surface area (Å²) in [6.07, 6.45) is 2.68. The maximum atomic E-state index is 12.4. The molecule has 0 aromatic heterocycles. The highest BCUT2D eigenvalue weighted by atomic mass is 16.5. The Bertz CT molecular complexity index is 1050. The maximum Gasteiger partial charge on any atom is 0.407 e. The van der Waals surface area contributed by atoms with Gasteiger partial charge in [0.05, 0.1) is 5.92 Å². The summed E-state index contributed by atoms with van der Waals surface area (Å²) >= 11 is 0. The summed E-state index contributed by atoms with van der Waals surface area (Å²) in [7, 11) is 0. The van der Waals surface area contributed by atoms with Gasteiger partial charge in [0.25, 0.3) is 0 Å². The monoisotopic (exact) mass is 462 g/mol. The molecular weight excluding hydrogens is 432 g/mol. The molecular formula is C27H30N2O5. The quantitative estimate of drug-likeness (QED) is 0.554. The van der Waals surface area contributed by atoms with E-state index in [1.165, 1.54) is 22.3 Å². The number of rotatable bonds is 8. The number of ether oxygens (including phenoxy) is 1. The molecule has 0 saturated heterocycles. The molecule has 3 aliphatic rings. The van der Waals surface area contributed by atoms with Gasteiger partial charge >= 0.3 is 12.1 Å². The molecule has 7 heteroatoms. The second-order valence-electron chi connectivity index (χ2n) is 9.69. The van der Waals surface area contributed by atoms with Gasteiger partial charge in [-0.15, -0.1) is 0 Å². The molecule has 2 unspecified atom stereocenters. The molecule has 2 aromatic carbocycles. The van der Waals surface area contributed by atoms with E-state index in [2.05, 4.69) is 34.9 Å². The lowest BCUT2D eigenvalue weighted by atomic mass is 9.96. The van der Waals surface area contributed by atoms with Crippen molar-refractivity contribution in [3.05, 3.63) is 59.7 Å². The number of amides is 2. The Morgan fingerprint density at radius 3 is 2.18 bits per heavy atom. The van der Waals surface area contributed by atoms with Crippen molar-refractivity contribution in [1.82, 2.24) is 10.6 Å². The van der Waals surface area contributed by atoms with Gasteiger partial charge in [-0.1, -0.05) is 55.0 Å². The van der Waals surface area contributed by atoms with Gasteiger partial charge in [0, 0.05) is 24.9 Å². The summed E-state index contributed by atoms with van der Waals surface area (Å²) in [4.78, 5) is 36.1. The highest BCUT2D eigenvalue weighted by Crippen LogP contribution is 2.44. The van der Waals surface area contributed by atoms with E-state index in [9.17, 15) is 19.5 Å². The molecule has 2 amide bonds. The molecule has 5 rings (SSSR count). The number of hydrogen-bond donors (Lipinski definition) is 3. The van der Waals surface area contributed by atoms with Crippen molar-refractivity contribution in [2.75, 3.05) is 19.7 Å². The van der Waals surface area contributed by atoms with Crippen LogP contribution in [0.5, 0.6) is 0 Å². The predicted molar refractivity (Wildman–Crippen MR) is 126 cm³/mol. The number of benzene rings is 2. The number of carbonyl (C=O) groups excluding carboxylic acids is 2. The molecule has 7 nitrogen and oxygen atoms in total. The summed E-state index contributed by atoms with van der Waals surface area (Å²) in [5, 5.41) is 15.0. The van der Waals surface area contributed by atoms with Crippen molar-refractivity contribution in [3.63, 3.8) is 0 Å². The van der Waals surface area contributed by atoms with Gasteiger partial charge in [-0.3, -0.25) is 9.59 Å². The Hall–Kier alpha value is -3.35. The Balaban J connectivity index is 1.06. The molecule has 0 bridgehead atoms. The number of hydrogen-bond acceptors (Lipinski definition) is 4. The largest absolute Gasteiger partial charge is 0.481 e. The first kappa shape index (κ1) is 22.4. The Morgan fingerprint density at radius 1 is 0.853 bits per heavy atom. The van der Waals surface area contributed by atoms with Crippen LogP contribution in [0, 0.1) is 23.7 Å². The van der Waals surface area contributed by atoms with Crippen LogP contribution in [0.15, 0.2) is 48.5 Å². The van der Waals surface area contributed by atoms with Crippen LogP contribution in [0.1, 0.15) is 42.7 Å². The number of carboxylic acids is 1. The van der Waals surface area contributed by atoms with Crippen molar-refractivity contribution in [2.45, 2.75) is 31.6 Å². The van der Waals surface area contributed by atoms with Crippen molar-refractivity contribution >= 4 is 18.0 Å². The second kappa shape index (κ2) is 9.49. The smallest absolute Gasteiger partial charge is 0.407 e. The molecule has 178 valence electrons. The maximum absolute atomic E-state index is 12.4. The van der Waals surface area contributed by atoms with Crippen LogP contribution < -0.4 is 10.6 Å². The van der Waals surface area contributed by atoms with Gasteiger partial charge in [-0.2, -0.15) is 0 Å². The third-order valence-corrected chi connectivity index (χ3v) is 7.63. The highest BCUT2D eigenvalue weighted by molar-refractivity contribution is 5.82. The second-order valence-corrected chi connectivity index (χ2v) is 9.69. The van der Waals surface area contributed by atoms with E-state index in [0.29, 0.717) is 19.5 Å². The van der Waals surface area contributed by atoms with Crippen LogP contribution in [-0.4, -0.2) is 42.8 Å². The van der Waals surface area contributed by atoms with Crippen LogP contribution in [0.4, 0.5) is 4.79 Å². The van der Waals surface area contributed by atoms with Gasteiger partial charge in [-0.05, 0) is 53.4 Å². The molecule has 3 N–H and O–H groups in total. The first-order chi connectivity index (χ1) is 16.5. The first-order valence-electron chi connectivity index (χ1n) is 12.1. The fraction of sp³-hybridized carbons (Fsp3) is 0.444. The zero-order valence-electron chi connectivity index (χ0n) is 19.0. The molecule has 2 saturated carbocycles. The zero-order valence-corrected chi connectivity index (χ0v) is 19.0. The van der Waals surface area contributed by atoms with E-state index < -0.39 is 12.1 Å². The highest BCUT2D eigenvalue weighted by Gasteiger charge is 2.43. The van der Waals surface area contributed by atoms with E-state index in [-0.39, 0.29) is 42.1 Å². The number of nitrogens with one attached hydrogen (secondary N) is 2. The van der Waals surface area contributed by atoms with Crippen LogP contribution in [0.2, 0.25) is 0 Å². The van der Waals surface area contributed by atoms with Gasteiger partial charge < -0.3 is 20.5 Å². The predicted octanol–water partition coefficient (Wildman–Crippen LogP) is 3.78. The number of carboxylic acid groups (broad SMARTS) is 1. The van der Waals surface area contributed by atoms with Crippen LogP contribution in [0.25, 0.3) is 11.1 Å². The summed E-state index contributed by atoms with van der Waals surface area (Å²) in [5.41, 5.74) is 4.71. The molecule has 4 atom stereocenters. The molecule has 0 heterocycles. The van der Waals surface area contributed by atoms with Crippen molar-refractivity contribution in [3.8, 4) is 11.1 Å². The zero-order chi connectivity index (χ0) is 23.7. The SMILES string of the molecule is O=C(NC[C@H]1C[C@H]1C(=O)NCC1CCCC1C(=O)O)OCC1c2ccccc2-c2ccccc21. The molecule has 34 heavy (non-hydrogen) atoms.